The summed E-state index contributed by atoms with van der Waals surface area (Å²) in [6.45, 7) is 4.42. The fourth-order valence-corrected chi connectivity index (χ4v) is 4.18. The molecule has 140 valence electrons. The first kappa shape index (κ1) is 19.1. The van der Waals surface area contributed by atoms with Gasteiger partial charge in [0.25, 0.3) is 0 Å². The van der Waals surface area contributed by atoms with Crippen LogP contribution in [0.3, 0.4) is 0 Å². The van der Waals surface area contributed by atoms with Crippen LogP contribution in [-0.4, -0.2) is 9.97 Å². The molecule has 0 amide bonds. The van der Waals surface area contributed by atoms with Crippen LogP contribution in [-0.2, 0) is 12.8 Å². The molecule has 2 nitrogen and oxygen atoms in total. The smallest absolute Gasteiger partial charge is 0.128 e. The molecule has 0 spiro atoms. The largest absolute Gasteiger partial charge is 0.241 e. The molecule has 0 atom stereocenters. The predicted molar refractivity (Wildman–Crippen MR) is 109 cm³/mol. The van der Waals surface area contributed by atoms with Gasteiger partial charge in [-0.1, -0.05) is 62.4 Å². The Hall–Kier alpha value is -1.70. The van der Waals surface area contributed by atoms with Crippen LogP contribution in [0.25, 0.3) is 0 Å². The van der Waals surface area contributed by atoms with Crippen molar-refractivity contribution in [3.63, 3.8) is 0 Å². The summed E-state index contributed by atoms with van der Waals surface area (Å²) in [5.74, 6) is 2.62. The van der Waals surface area contributed by atoms with E-state index in [0.717, 1.165) is 24.6 Å². The molecule has 2 aromatic rings. The highest BCUT2D eigenvalue weighted by Crippen LogP contribution is 2.37. The molecular formula is C24H34N2. The van der Waals surface area contributed by atoms with Crippen LogP contribution in [0.1, 0.15) is 86.7 Å². The van der Waals surface area contributed by atoms with Crippen molar-refractivity contribution >= 4 is 0 Å². The summed E-state index contributed by atoms with van der Waals surface area (Å²) in [4.78, 5) is 9.31. The SMILES string of the molecule is CCCCC[C@H]1CC[C@H](c2cnc(CCc3ccc(C)cc3)nc2)CC1. The van der Waals surface area contributed by atoms with Crippen molar-refractivity contribution in [1.82, 2.24) is 9.97 Å². The van der Waals surface area contributed by atoms with Crippen molar-refractivity contribution in [2.45, 2.75) is 84.0 Å². The Kier molecular flexibility index (Phi) is 7.22. The summed E-state index contributed by atoms with van der Waals surface area (Å²) in [5.41, 5.74) is 4.04. The second-order valence-electron chi connectivity index (χ2n) is 8.13. The van der Waals surface area contributed by atoms with E-state index in [-0.39, 0.29) is 0 Å². The van der Waals surface area contributed by atoms with Gasteiger partial charge in [-0.2, -0.15) is 0 Å². The van der Waals surface area contributed by atoms with Gasteiger partial charge in [0.15, 0.2) is 0 Å². The molecule has 1 fully saturated rings. The number of unbranched alkanes of at least 4 members (excludes halogenated alkanes) is 2. The van der Waals surface area contributed by atoms with E-state index in [4.69, 9.17) is 0 Å². The van der Waals surface area contributed by atoms with E-state index in [2.05, 4.69) is 60.5 Å². The lowest BCUT2D eigenvalue weighted by molar-refractivity contribution is 0.302. The van der Waals surface area contributed by atoms with Crippen molar-refractivity contribution in [1.29, 1.82) is 0 Å². The summed E-state index contributed by atoms with van der Waals surface area (Å²) in [6, 6.07) is 8.78. The van der Waals surface area contributed by atoms with Crippen molar-refractivity contribution in [2.24, 2.45) is 5.92 Å². The highest BCUT2D eigenvalue weighted by molar-refractivity contribution is 5.22. The second kappa shape index (κ2) is 9.85. The lowest BCUT2D eigenvalue weighted by Gasteiger charge is -2.28. The molecule has 0 N–H and O–H groups in total. The van der Waals surface area contributed by atoms with Crippen molar-refractivity contribution < 1.29 is 0 Å². The molecule has 0 bridgehead atoms. The molecule has 0 aliphatic heterocycles. The Bertz CT molecular complexity index is 637. The van der Waals surface area contributed by atoms with Gasteiger partial charge in [0.2, 0.25) is 0 Å². The number of rotatable bonds is 8. The zero-order valence-electron chi connectivity index (χ0n) is 16.6. The highest BCUT2D eigenvalue weighted by Gasteiger charge is 2.22. The van der Waals surface area contributed by atoms with Gasteiger partial charge in [0.1, 0.15) is 5.82 Å². The van der Waals surface area contributed by atoms with Crippen LogP contribution in [0.15, 0.2) is 36.7 Å². The fourth-order valence-electron chi connectivity index (χ4n) is 4.18. The van der Waals surface area contributed by atoms with Gasteiger partial charge < -0.3 is 0 Å². The van der Waals surface area contributed by atoms with E-state index in [1.807, 2.05) is 0 Å². The molecule has 2 heteroatoms. The molecule has 1 saturated carbocycles. The van der Waals surface area contributed by atoms with Gasteiger partial charge in [-0.05, 0) is 62.0 Å². The van der Waals surface area contributed by atoms with E-state index in [9.17, 15) is 0 Å². The monoisotopic (exact) mass is 350 g/mol. The molecule has 1 aliphatic carbocycles. The number of nitrogens with zero attached hydrogens (tertiary/aromatic N) is 2. The maximum atomic E-state index is 4.66. The van der Waals surface area contributed by atoms with E-state index >= 15 is 0 Å². The number of benzene rings is 1. The molecule has 0 saturated heterocycles. The average molecular weight is 351 g/mol. The third-order valence-electron chi connectivity index (χ3n) is 6.02. The van der Waals surface area contributed by atoms with Gasteiger partial charge in [0.05, 0.1) is 0 Å². The lowest BCUT2D eigenvalue weighted by atomic mass is 9.77. The summed E-state index contributed by atoms with van der Waals surface area (Å²) in [6.07, 6.45) is 17.2. The maximum Gasteiger partial charge on any atom is 0.128 e. The first-order chi connectivity index (χ1) is 12.7. The van der Waals surface area contributed by atoms with Crippen LogP contribution >= 0.6 is 0 Å². The summed E-state index contributed by atoms with van der Waals surface area (Å²) >= 11 is 0. The molecule has 1 heterocycles. The molecule has 0 unspecified atom stereocenters. The fraction of sp³-hybridized carbons (Fsp3) is 0.583. The molecule has 3 rings (SSSR count). The van der Waals surface area contributed by atoms with Crippen LogP contribution in [0.2, 0.25) is 0 Å². The Morgan fingerprint density at radius 3 is 2.23 bits per heavy atom. The molecule has 0 radical (unpaired) electrons. The average Bonchev–Trinajstić information content (AvgIpc) is 2.69. The number of hydrogen-bond donors (Lipinski definition) is 0. The van der Waals surface area contributed by atoms with Gasteiger partial charge in [0, 0.05) is 18.8 Å². The van der Waals surface area contributed by atoms with Gasteiger partial charge in [-0.3, -0.25) is 0 Å². The van der Waals surface area contributed by atoms with Gasteiger partial charge in [-0.15, -0.1) is 0 Å². The predicted octanol–water partition coefficient (Wildman–Crippen LogP) is 6.42. The normalized spacial score (nSPS) is 20.2. The second-order valence-corrected chi connectivity index (χ2v) is 8.13. The summed E-state index contributed by atoms with van der Waals surface area (Å²) in [7, 11) is 0. The first-order valence-electron chi connectivity index (χ1n) is 10.6. The number of hydrogen-bond acceptors (Lipinski definition) is 2. The topological polar surface area (TPSA) is 25.8 Å². The van der Waals surface area contributed by atoms with Gasteiger partial charge in [-0.25, -0.2) is 9.97 Å². The molecule has 26 heavy (non-hydrogen) atoms. The number of aryl methyl sites for hydroxylation is 3. The molecule has 1 aliphatic rings. The number of aromatic nitrogens is 2. The van der Waals surface area contributed by atoms with Gasteiger partial charge >= 0.3 is 0 Å². The molecular weight excluding hydrogens is 316 g/mol. The van der Waals surface area contributed by atoms with Crippen LogP contribution in [0, 0.1) is 12.8 Å². The van der Waals surface area contributed by atoms with E-state index in [0.29, 0.717) is 5.92 Å². The van der Waals surface area contributed by atoms with Crippen molar-refractivity contribution in [2.75, 3.05) is 0 Å². The van der Waals surface area contributed by atoms with Crippen molar-refractivity contribution in [3.8, 4) is 0 Å². The van der Waals surface area contributed by atoms with E-state index in [1.54, 1.807) is 0 Å². The molecule has 1 aromatic heterocycles. The Balaban J connectivity index is 1.45. The zero-order chi connectivity index (χ0) is 18.2. The maximum absolute atomic E-state index is 4.66. The third-order valence-corrected chi connectivity index (χ3v) is 6.02. The highest BCUT2D eigenvalue weighted by atomic mass is 14.9. The van der Waals surface area contributed by atoms with Crippen LogP contribution in [0.4, 0.5) is 0 Å². The van der Waals surface area contributed by atoms with Crippen LogP contribution in [0.5, 0.6) is 0 Å². The summed E-state index contributed by atoms with van der Waals surface area (Å²) < 4.78 is 0. The first-order valence-corrected chi connectivity index (χ1v) is 10.6. The standard InChI is InChI=1S/C24H34N2/c1-3-4-5-6-20-11-14-22(15-12-20)23-17-25-24(26-18-23)16-13-21-9-7-19(2)8-10-21/h7-10,17-18,20,22H,3-6,11-16H2,1-2H3/t20-,22-. The minimum Gasteiger partial charge on any atom is -0.241 e. The summed E-state index contributed by atoms with van der Waals surface area (Å²) in [5, 5.41) is 0. The van der Waals surface area contributed by atoms with E-state index in [1.165, 1.54) is 68.1 Å². The van der Waals surface area contributed by atoms with Crippen molar-refractivity contribution in [3.05, 3.63) is 59.2 Å². The Morgan fingerprint density at radius 1 is 0.885 bits per heavy atom. The minimum absolute atomic E-state index is 0.684. The minimum atomic E-state index is 0.684. The quantitative estimate of drug-likeness (QED) is 0.513. The van der Waals surface area contributed by atoms with E-state index < -0.39 is 0 Å². The Labute approximate surface area is 159 Å². The third kappa shape index (κ3) is 5.65. The lowest BCUT2D eigenvalue weighted by Crippen LogP contribution is -2.14. The molecule has 1 aromatic carbocycles. The zero-order valence-corrected chi connectivity index (χ0v) is 16.6. The van der Waals surface area contributed by atoms with Crippen LogP contribution < -0.4 is 0 Å². The Morgan fingerprint density at radius 2 is 1.58 bits per heavy atom.